The van der Waals surface area contributed by atoms with Crippen molar-refractivity contribution in [3.63, 3.8) is 0 Å². The number of benzene rings is 1. The topological polar surface area (TPSA) is 55.8 Å². The third kappa shape index (κ3) is 4.39. The number of esters is 1. The Labute approximate surface area is 137 Å². The molecule has 0 spiro atoms. The summed E-state index contributed by atoms with van der Waals surface area (Å²) in [6, 6.07) is 5.01. The smallest absolute Gasteiger partial charge is 0.406 e. The van der Waals surface area contributed by atoms with Gasteiger partial charge in [0.25, 0.3) is 0 Å². The predicted octanol–water partition coefficient (Wildman–Crippen LogP) is 2.32. The van der Waals surface area contributed by atoms with Gasteiger partial charge in [-0.25, -0.2) is 0 Å². The van der Waals surface area contributed by atoms with Crippen molar-refractivity contribution in [2.75, 3.05) is 20.8 Å². The Hall–Kier alpha value is -2.25. The van der Waals surface area contributed by atoms with E-state index in [0.717, 1.165) is 10.5 Å². The second-order valence-corrected chi connectivity index (χ2v) is 5.63. The van der Waals surface area contributed by atoms with Crippen molar-refractivity contribution in [2.45, 2.75) is 25.6 Å². The van der Waals surface area contributed by atoms with Crippen LogP contribution in [0.2, 0.25) is 0 Å². The molecule has 8 heteroatoms. The molecule has 1 unspecified atom stereocenters. The molecule has 1 aliphatic rings. The quantitative estimate of drug-likeness (QED) is 0.786. The van der Waals surface area contributed by atoms with Crippen LogP contribution in [0, 0.1) is 5.92 Å². The molecular formula is C16H18F3NO4. The molecule has 0 fully saturated rings. The lowest BCUT2D eigenvalue weighted by atomic mass is 9.94. The first-order valence-electron chi connectivity index (χ1n) is 7.31. The molecule has 132 valence electrons. The summed E-state index contributed by atoms with van der Waals surface area (Å²) in [4.78, 5) is 24.7. The molecule has 0 aliphatic carbocycles. The van der Waals surface area contributed by atoms with Gasteiger partial charge < -0.3 is 14.4 Å². The first kappa shape index (κ1) is 18.1. The minimum absolute atomic E-state index is 0.178. The number of carbonyl (C=O) groups excluding carboxylic acids is 2. The lowest BCUT2D eigenvalue weighted by molar-refractivity contribution is -0.165. The monoisotopic (exact) mass is 345 g/mol. The first-order chi connectivity index (χ1) is 11.2. The molecule has 1 heterocycles. The van der Waals surface area contributed by atoms with Gasteiger partial charge in [-0.1, -0.05) is 6.07 Å². The molecule has 0 bridgehead atoms. The highest BCUT2D eigenvalue weighted by molar-refractivity contribution is 5.84. The van der Waals surface area contributed by atoms with Crippen LogP contribution < -0.4 is 4.74 Å². The maximum atomic E-state index is 12.8. The van der Waals surface area contributed by atoms with E-state index in [1.54, 1.807) is 18.2 Å². The number of nitrogens with zero attached hydrogens (tertiary/aromatic N) is 1. The first-order valence-corrected chi connectivity index (χ1v) is 7.31. The molecule has 0 saturated heterocycles. The van der Waals surface area contributed by atoms with Crippen LogP contribution in [0.25, 0.3) is 0 Å². The summed E-state index contributed by atoms with van der Waals surface area (Å²) in [6.45, 7) is -1.54. The number of fused-ring (bicyclic) bond motifs is 1. The SMILES string of the molecule is COC(=O)CC1Cc2ccc(OC)cc2CN(CC(F)(F)F)C1=O. The molecule has 0 N–H and O–H groups in total. The van der Waals surface area contributed by atoms with Gasteiger partial charge in [0.2, 0.25) is 5.91 Å². The van der Waals surface area contributed by atoms with Crippen molar-refractivity contribution in [1.29, 1.82) is 0 Å². The minimum atomic E-state index is -4.52. The van der Waals surface area contributed by atoms with Crippen molar-refractivity contribution < 1.29 is 32.2 Å². The molecule has 24 heavy (non-hydrogen) atoms. The second kappa shape index (κ2) is 7.11. The Morgan fingerprint density at radius 1 is 1.29 bits per heavy atom. The fourth-order valence-electron chi connectivity index (χ4n) is 2.76. The Morgan fingerprint density at radius 3 is 2.58 bits per heavy atom. The molecule has 1 aromatic rings. The van der Waals surface area contributed by atoms with Crippen molar-refractivity contribution in [2.24, 2.45) is 5.92 Å². The molecule has 0 saturated carbocycles. The molecule has 5 nitrogen and oxygen atoms in total. The zero-order valence-corrected chi connectivity index (χ0v) is 13.4. The summed E-state index contributed by atoms with van der Waals surface area (Å²) < 4.78 is 48.1. The summed E-state index contributed by atoms with van der Waals surface area (Å²) in [5, 5.41) is 0. The third-order valence-electron chi connectivity index (χ3n) is 3.91. The highest BCUT2D eigenvalue weighted by atomic mass is 19.4. The summed E-state index contributed by atoms with van der Waals surface area (Å²) in [5.41, 5.74) is 1.31. The standard InChI is InChI=1S/C16H18F3NO4/c1-23-13-4-3-10-5-11(7-14(21)24-2)15(22)20(8-12(10)6-13)9-16(17,18)19/h3-4,6,11H,5,7-9H2,1-2H3. The molecule has 1 amide bonds. The lowest BCUT2D eigenvalue weighted by Crippen LogP contribution is -2.41. The maximum absolute atomic E-state index is 12.8. The van der Waals surface area contributed by atoms with Gasteiger partial charge in [0.15, 0.2) is 0 Å². The van der Waals surface area contributed by atoms with Crippen LogP contribution in [0.1, 0.15) is 17.5 Å². The van der Waals surface area contributed by atoms with Crippen LogP contribution in [0.15, 0.2) is 18.2 Å². The van der Waals surface area contributed by atoms with E-state index in [4.69, 9.17) is 4.74 Å². The Bertz CT molecular complexity index is 630. The average molecular weight is 345 g/mol. The normalized spacial score (nSPS) is 18.0. The number of amides is 1. The average Bonchev–Trinajstić information content (AvgIpc) is 2.63. The van der Waals surface area contributed by atoms with E-state index in [2.05, 4.69) is 4.74 Å². The number of alkyl halides is 3. The van der Waals surface area contributed by atoms with Crippen LogP contribution in [-0.4, -0.2) is 43.7 Å². The van der Waals surface area contributed by atoms with Gasteiger partial charge in [-0.05, 0) is 29.7 Å². The number of methoxy groups -OCH3 is 2. The van der Waals surface area contributed by atoms with Crippen LogP contribution >= 0.6 is 0 Å². The molecular weight excluding hydrogens is 327 g/mol. The Morgan fingerprint density at radius 2 is 2.00 bits per heavy atom. The second-order valence-electron chi connectivity index (χ2n) is 5.63. The van der Waals surface area contributed by atoms with E-state index in [9.17, 15) is 22.8 Å². The van der Waals surface area contributed by atoms with Crippen LogP contribution in [-0.2, 0) is 27.3 Å². The Kier molecular flexibility index (Phi) is 5.36. The predicted molar refractivity (Wildman–Crippen MR) is 78.3 cm³/mol. The molecule has 0 radical (unpaired) electrons. The van der Waals surface area contributed by atoms with E-state index in [1.807, 2.05) is 0 Å². The molecule has 1 aromatic carbocycles. The number of hydrogen-bond donors (Lipinski definition) is 0. The number of carbonyl (C=O) groups is 2. The van der Waals surface area contributed by atoms with Crippen molar-refractivity contribution >= 4 is 11.9 Å². The van der Waals surface area contributed by atoms with Crippen molar-refractivity contribution in [1.82, 2.24) is 4.90 Å². The van der Waals surface area contributed by atoms with Crippen LogP contribution in [0.3, 0.4) is 0 Å². The zero-order chi connectivity index (χ0) is 17.9. The van der Waals surface area contributed by atoms with E-state index < -0.39 is 30.5 Å². The van der Waals surface area contributed by atoms with Gasteiger partial charge in [-0.15, -0.1) is 0 Å². The van der Waals surface area contributed by atoms with Gasteiger partial charge in [0.1, 0.15) is 12.3 Å². The maximum Gasteiger partial charge on any atom is 0.406 e. The van der Waals surface area contributed by atoms with Gasteiger partial charge >= 0.3 is 12.1 Å². The number of hydrogen-bond acceptors (Lipinski definition) is 4. The Balaban J connectivity index is 2.37. The summed E-state index contributed by atoms with van der Waals surface area (Å²) in [5.74, 6) is -1.71. The van der Waals surface area contributed by atoms with Gasteiger partial charge in [-0.3, -0.25) is 9.59 Å². The van der Waals surface area contributed by atoms with E-state index in [0.29, 0.717) is 11.3 Å². The molecule has 1 aliphatic heterocycles. The van der Waals surface area contributed by atoms with E-state index in [-0.39, 0.29) is 19.4 Å². The number of halogens is 3. The molecule has 2 rings (SSSR count). The largest absolute Gasteiger partial charge is 0.497 e. The third-order valence-corrected chi connectivity index (χ3v) is 3.91. The van der Waals surface area contributed by atoms with Gasteiger partial charge in [-0.2, -0.15) is 13.2 Å². The van der Waals surface area contributed by atoms with Gasteiger partial charge in [0, 0.05) is 6.54 Å². The van der Waals surface area contributed by atoms with E-state index >= 15 is 0 Å². The molecule has 1 atom stereocenters. The highest BCUT2D eigenvalue weighted by Crippen LogP contribution is 2.30. The fourth-order valence-corrected chi connectivity index (χ4v) is 2.76. The van der Waals surface area contributed by atoms with Crippen LogP contribution in [0.5, 0.6) is 5.75 Å². The van der Waals surface area contributed by atoms with Gasteiger partial charge in [0.05, 0.1) is 26.6 Å². The van der Waals surface area contributed by atoms with E-state index in [1.165, 1.54) is 14.2 Å². The number of rotatable bonds is 4. The van der Waals surface area contributed by atoms with Crippen molar-refractivity contribution in [3.05, 3.63) is 29.3 Å². The summed E-state index contributed by atoms with van der Waals surface area (Å²) in [6.07, 6.45) is -4.59. The zero-order valence-electron chi connectivity index (χ0n) is 13.4. The highest BCUT2D eigenvalue weighted by Gasteiger charge is 2.38. The minimum Gasteiger partial charge on any atom is -0.497 e. The lowest BCUT2D eigenvalue weighted by Gasteiger charge is -2.25. The number of ether oxygens (including phenoxy) is 2. The summed E-state index contributed by atoms with van der Waals surface area (Å²) >= 11 is 0. The molecule has 0 aromatic heterocycles. The van der Waals surface area contributed by atoms with Crippen molar-refractivity contribution in [3.8, 4) is 5.75 Å². The van der Waals surface area contributed by atoms with Crippen LogP contribution in [0.4, 0.5) is 13.2 Å². The summed E-state index contributed by atoms with van der Waals surface area (Å²) in [7, 11) is 2.63. The fraction of sp³-hybridized carbons (Fsp3) is 0.500.